The average Bonchev–Trinajstić information content (AvgIpc) is 2.56. The highest BCUT2D eigenvalue weighted by Crippen LogP contribution is 2.41. The Morgan fingerprint density at radius 1 is 1.13 bits per heavy atom. The van der Waals surface area contributed by atoms with Crippen molar-refractivity contribution in [2.24, 2.45) is 0 Å². The van der Waals surface area contributed by atoms with Crippen molar-refractivity contribution < 1.29 is 4.79 Å². The van der Waals surface area contributed by atoms with Crippen LogP contribution in [0.4, 0.5) is 5.69 Å². The van der Waals surface area contributed by atoms with Crippen molar-refractivity contribution in [3.05, 3.63) is 53.1 Å². The third-order valence-corrected chi connectivity index (χ3v) is 4.99. The number of fused-ring (bicyclic) bond motifs is 3. The number of unbranched alkanes of at least 4 members (excludes halogenated alkanes) is 1. The van der Waals surface area contributed by atoms with Gasteiger partial charge in [-0.3, -0.25) is 4.79 Å². The fourth-order valence-corrected chi connectivity index (χ4v) is 3.59. The molecule has 0 N–H and O–H groups in total. The molecule has 0 aromatic heterocycles. The molecule has 1 aliphatic heterocycles. The van der Waals surface area contributed by atoms with Crippen LogP contribution in [0, 0.1) is 6.92 Å². The number of amides is 1. The van der Waals surface area contributed by atoms with Crippen LogP contribution in [0.1, 0.15) is 36.5 Å². The van der Waals surface area contributed by atoms with E-state index in [0.717, 1.165) is 36.4 Å². The van der Waals surface area contributed by atoms with Gasteiger partial charge in [-0.25, -0.2) is 0 Å². The molecule has 2 aromatic carbocycles. The summed E-state index contributed by atoms with van der Waals surface area (Å²) in [6.45, 7) is 4.49. The van der Waals surface area contributed by atoms with Crippen LogP contribution < -0.4 is 4.90 Å². The van der Waals surface area contributed by atoms with Crippen LogP contribution in [0.15, 0.2) is 36.4 Å². The van der Waals surface area contributed by atoms with Gasteiger partial charge in [0.1, 0.15) is 0 Å². The SMILES string of the molecule is CC(=O)N1Cc2c(ccc(CCCCCl)c2C)-c2ccccc21. The third kappa shape index (κ3) is 3.00. The van der Waals surface area contributed by atoms with Gasteiger partial charge in [0.25, 0.3) is 0 Å². The average molecular weight is 328 g/mol. The zero-order valence-corrected chi connectivity index (χ0v) is 14.5. The number of hydrogen-bond donors (Lipinski definition) is 0. The minimum atomic E-state index is 0.0926. The van der Waals surface area contributed by atoms with Crippen molar-refractivity contribution in [3.8, 4) is 11.1 Å². The summed E-state index contributed by atoms with van der Waals surface area (Å²) in [5.74, 6) is 0.810. The fourth-order valence-electron chi connectivity index (χ4n) is 3.40. The highest BCUT2D eigenvalue weighted by Gasteiger charge is 2.25. The number of rotatable bonds is 4. The monoisotopic (exact) mass is 327 g/mol. The molecular weight excluding hydrogens is 306 g/mol. The van der Waals surface area contributed by atoms with Gasteiger partial charge in [0.05, 0.1) is 12.2 Å². The number of carbonyl (C=O) groups is 1. The first-order chi connectivity index (χ1) is 11.1. The van der Waals surface area contributed by atoms with Gasteiger partial charge in [-0.05, 0) is 54.5 Å². The second-order valence-corrected chi connectivity index (χ2v) is 6.52. The predicted octanol–water partition coefficient (Wildman–Crippen LogP) is 5.09. The van der Waals surface area contributed by atoms with Crippen LogP contribution in [0.25, 0.3) is 11.1 Å². The summed E-state index contributed by atoms with van der Waals surface area (Å²) in [6, 6.07) is 12.6. The van der Waals surface area contributed by atoms with Gasteiger partial charge >= 0.3 is 0 Å². The van der Waals surface area contributed by atoms with E-state index in [9.17, 15) is 4.79 Å². The van der Waals surface area contributed by atoms with Crippen LogP contribution in [-0.2, 0) is 17.8 Å². The van der Waals surface area contributed by atoms with E-state index in [4.69, 9.17) is 11.6 Å². The second kappa shape index (κ2) is 6.76. The maximum Gasteiger partial charge on any atom is 0.224 e. The minimum absolute atomic E-state index is 0.0926. The molecule has 0 spiro atoms. The molecule has 1 heterocycles. The van der Waals surface area contributed by atoms with Crippen LogP contribution in [0.5, 0.6) is 0 Å². The summed E-state index contributed by atoms with van der Waals surface area (Å²) in [6.07, 6.45) is 3.20. The summed E-state index contributed by atoms with van der Waals surface area (Å²) in [7, 11) is 0. The molecular formula is C20H22ClNO. The van der Waals surface area contributed by atoms with Crippen molar-refractivity contribution in [1.29, 1.82) is 0 Å². The Balaban J connectivity index is 2.05. The van der Waals surface area contributed by atoms with Crippen LogP contribution in [0.2, 0.25) is 0 Å². The fraction of sp³-hybridized carbons (Fsp3) is 0.350. The van der Waals surface area contributed by atoms with Crippen molar-refractivity contribution in [2.75, 3.05) is 10.8 Å². The zero-order chi connectivity index (χ0) is 16.4. The first-order valence-corrected chi connectivity index (χ1v) is 8.71. The Morgan fingerprint density at radius 3 is 2.65 bits per heavy atom. The molecule has 0 fully saturated rings. The second-order valence-electron chi connectivity index (χ2n) is 6.14. The molecule has 0 unspecified atom stereocenters. The summed E-state index contributed by atoms with van der Waals surface area (Å²) in [4.78, 5) is 14.0. The zero-order valence-electron chi connectivity index (χ0n) is 13.7. The van der Waals surface area contributed by atoms with Gasteiger partial charge in [-0.2, -0.15) is 0 Å². The van der Waals surface area contributed by atoms with Crippen molar-refractivity contribution in [2.45, 2.75) is 39.7 Å². The third-order valence-electron chi connectivity index (χ3n) is 4.72. The lowest BCUT2D eigenvalue weighted by Gasteiger charge is -2.32. The Labute approximate surface area is 143 Å². The van der Waals surface area contributed by atoms with E-state index in [1.54, 1.807) is 6.92 Å². The molecule has 1 aliphatic rings. The van der Waals surface area contributed by atoms with E-state index in [1.165, 1.54) is 22.3 Å². The van der Waals surface area contributed by atoms with Gasteiger partial charge in [0.15, 0.2) is 0 Å². The maximum absolute atomic E-state index is 12.1. The Hall–Kier alpha value is -1.80. The maximum atomic E-state index is 12.1. The molecule has 1 amide bonds. The van der Waals surface area contributed by atoms with E-state index in [2.05, 4.69) is 25.1 Å². The van der Waals surface area contributed by atoms with E-state index < -0.39 is 0 Å². The van der Waals surface area contributed by atoms with E-state index in [-0.39, 0.29) is 5.91 Å². The van der Waals surface area contributed by atoms with E-state index in [1.807, 2.05) is 23.1 Å². The van der Waals surface area contributed by atoms with E-state index >= 15 is 0 Å². The number of aryl methyl sites for hydroxylation is 1. The highest BCUT2D eigenvalue weighted by atomic mass is 35.5. The minimum Gasteiger partial charge on any atom is -0.308 e. The number of anilines is 1. The molecule has 0 saturated heterocycles. The van der Waals surface area contributed by atoms with Crippen molar-refractivity contribution >= 4 is 23.2 Å². The first-order valence-electron chi connectivity index (χ1n) is 8.18. The number of nitrogens with zero attached hydrogens (tertiary/aromatic N) is 1. The lowest BCUT2D eigenvalue weighted by Crippen LogP contribution is -2.31. The smallest absolute Gasteiger partial charge is 0.224 e. The predicted molar refractivity (Wildman–Crippen MR) is 97.1 cm³/mol. The van der Waals surface area contributed by atoms with E-state index in [0.29, 0.717) is 6.54 Å². The van der Waals surface area contributed by atoms with Crippen molar-refractivity contribution in [1.82, 2.24) is 0 Å². The number of para-hydroxylation sites is 1. The number of benzene rings is 2. The normalized spacial score (nSPS) is 12.7. The number of alkyl halides is 1. The lowest BCUT2D eigenvalue weighted by molar-refractivity contribution is -0.116. The van der Waals surface area contributed by atoms with Gasteiger partial charge < -0.3 is 4.90 Å². The molecule has 0 radical (unpaired) electrons. The molecule has 0 bridgehead atoms. The van der Waals surface area contributed by atoms with Crippen LogP contribution in [0.3, 0.4) is 0 Å². The topological polar surface area (TPSA) is 20.3 Å². The molecule has 0 aliphatic carbocycles. The van der Waals surface area contributed by atoms with Gasteiger partial charge in [-0.15, -0.1) is 11.6 Å². The number of carbonyl (C=O) groups excluding carboxylic acids is 1. The first kappa shape index (κ1) is 16.1. The summed E-state index contributed by atoms with van der Waals surface area (Å²) in [5, 5.41) is 0. The quantitative estimate of drug-likeness (QED) is 0.565. The molecule has 23 heavy (non-hydrogen) atoms. The molecule has 2 aromatic rings. The largest absolute Gasteiger partial charge is 0.308 e. The van der Waals surface area contributed by atoms with Gasteiger partial charge in [0, 0.05) is 18.4 Å². The number of halogens is 1. The molecule has 3 rings (SSSR count). The Kier molecular flexibility index (Phi) is 4.72. The van der Waals surface area contributed by atoms with Gasteiger partial charge in [-0.1, -0.05) is 30.3 Å². The summed E-state index contributed by atoms with van der Waals surface area (Å²) in [5.41, 5.74) is 7.40. The Bertz CT molecular complexity index is 738. The van der Waals surface area contributed by atoms with Crippen LogP contribution in [-0.4, -0.2) is 11.8 Å². The lowest BCUT2D eigenvalue weighted by atomic mass is 9.87. The highest BCUT2D eigenvalue weighted by molar-refractivity contribution is 6.17. The molecule has 0 saturated carbocycles. The molecule has 3 heteroatoms. The molecule has 120 valence electrons. The molecule has 0 atom stereocenters. The summed E-state index contributed by atoms with van der Waals surface area (Å²) < 4.78 is 0. The van der Waals surface area contributed by atoms with Crippen molar-refractivity contribution in [3.63, 3.8) is 0 Å². The molecule has 2 nitrogen and oxygen atoms in total. The van der Waals surface area contributed by atoms with Gasteiger partial charge in [0.2, 0.25) is 5.91 Å². The van der Waals surface area contributed by atoms with Crippen LogP contribution >= 0.6 is 11.6 Å². The summed E-state index contributed by atoms with van der Waals surface area (Å²) >= 11 is 5.79. The Morgan fingerprint density at radius 2 is 1.91 bits per heavy atom. The number of hydrogen-bond acceptors (Lipinski definition) is 1. The standard InChI is InChI=1S/C20H22ClNO/c1-14-16(7-5-6-12-21)10-11-17-18-8-3-4-9-20(18)22(15(2)23)13-19(14)17/h3-4,8-11H,5-7,12-13H2,1-2H3.